The Morgan fingerprint density at radius 3 is 2.26 bits per heavy atom. The van der Waals surface area contributed by atoms with Crippen LogP contribution in [0, 0.1) is 0 Å². The predicted octanol–water partition coefficient (Wildman–Crippen LogP) is 3.60. The zero-order valence-electron chi connectivity index (χ0n) is 11.4. The first-order valence-corrected chi connectivity index (χ1v) is 6.20. The first kappa shape index (κ1) is 13.3. The van der Waals surface area contributed by atoms with Crippen molar-refractivity contribution in [1.29, 1.82) is 0 Å². The lowest BCUT2D eigenvalue weighted by Gasteiger charge is -2.18. The van der Waals surface area contributed by atoms with Gasteiger partial charge >= 0.3 is 5.97 Å². The molecule has 2 rings (SSSR count). The van der Waals surface area contributed by atoms with Crippen molar-refractivity contribution >= 4 is 5.97 Å². The molecule has 0 unspecified atom stereocenters. The summed E-state index contributed by atoms with van der Waals surface area (Å²) < 4.78 is 5.18. The van der Waals surface area contributed by atoms with Crippen LogP contribution in [-0.4, -0.2) is 11.0 Å². The molecule has 2 aromatic rings. The van der Waals surface area contributed by atoms with E-state index in [4.69, 9.17) is 4.74 Å². The van der Waals surface area contributed by atoms with Crippen molar-refractivity contribution in [3.05, 3.63) is 59.8 Å². The topological polar surface area (TPSA) is 39.2 Å². The minimum absolute atomic E-state index is 0.0728. The standard InChI is InChI=1S/C16H17NO2/c1-16(2,3)13-9-7-12(8-10-13)15(18)19-14-6-4-5-11-17-14/h4-11H,1-3H3. The summed E-state index contributed by atoms with van der Waals surface area (Å²) in [6, 6.07) is 12.7. The van der Waals surface area contributed by atoms with Crippen molar-refractivity contribution in [2.45, 2.75) is 26.2 Å². The van der Waals surface area contributed by atoms with E-state index in [0.717, 1.165) is 0 Å². The van der Waals surface area contributed by atoms with E-state index < -0.39 is 0 Å². The molecule has 0 atom stereocenters. The molecule has 0 radical (unpaired) electrons. The molecule has 0 fully saturated rings. The van der Waals surface area contributed by atoms with Crippen LogP contribution < -0.4 is 4.74 Å². The largest absolute Gasteiger partial charge is 0.404 e. The molecule has 3 nitrogen and oxygen atoms in total. The third-order valence-corrected chi connectivity index (χ3v) is 2.82. The number of nitrogens with zero attached hydrogens (tertiary/aromatic N) is 1. The molecular weight excluding hydrogens is 238 g/mol. The van der Waals surface area contributed by atoms with Gasteiger partial charge in [-0.2, -0.15) is 0 Å². The molecule has 1 aromatic heterocycles. The van der Waals surface area contributed by atoms with Crippen molar-refractivity contribution in [3.8, 4) is 5.88 Å². The Morgan fingerprint density at radius 2 is 1.74 bits per heavy atom. The van der Waals surface area contributed by atoms with E-state index in [1.807, 2.05) is 12.1 Å². The Labute approximate surface area is 113 Å². The van der Waals surface area contributed by atoms with Crippen molar-refractivity contribution in [1.82, 2.24) is 4.98 Å². The summed E-state index contributed by atoms with van der Waals surface area (Å²) in [5, 5.41) is 0. The van der Waals surface area contributed by atoms with Crippen LogP contribution in [0.15, 0.2) is 48.7 Å². The maximum atomic E-state index is 11.9. The second-order valence-electron chi connectivity index (χ2n) is 5.38. The molecule has 0 aliphatic carbocycles. The molecule has 0 bridgehead atoms. The van der Waals surface area contributed by atoms with Gasteiger partial charge in [-0.15, -0.1) is 0 Å². The number of hydrogen-bond acceptors (Lipinski definition) is 3. The van der Waals surface area contributed by atoms with Crippen LogP contribution in [0.3, 0.4) is 0 Å². The summed E-state index contributed by atoms with van der Waals surface area (Å²) >= 11 is 0. The first-order valence-electron chi connectivity index (χ1n) is 6.20. The second kappa shape index (κ2) is 5.22. The first-order chi connectivity index (χ1) is 8.97. The number of benzene rings is 1. The van der Waals surface area contributed by atoms with Gasteiger partial charge in [-0.05, 0) is 29.2 Å². The molecule has 0 saturated carbocycles. The minimum Gasteiger partial charge on any atom is -0.404 e. The fraction of sp³-hybridized carbons (Fsp3) is 0.250. The predicted molar refractivity (Wildman–Crippen MR) is 74.3 cm³/mol. The maximum absolute atomic E-state index is 11.9. The lowest BCUT2D eigenvalue weighted by atomic mass is 9.87. The van der Waals surface area contributed by atoms with Crippen LogP contribution in [-0.2, 0) is 5.41 Å². The fourth-order valence-electron chi connectivity index (χ4n) is 1.67. The average Bonchev–Trinajstić information content (AvgIpc) is 2.39. The van der Waals surface area contributed by atoms with Crippen LogP contribution in [0.4, 0.5) is 0 Å². The van der Waals surface area contributed by atoms with E-state index in [9.17, 15) is 4.79 Å². The lowest BCUT2D eigenvalue weighted by molar-refractivity contribution is 0.0727. The Balaban J connectivity index is 2.12. The fourth-order valence-corrected chi connectivity index (χ4v) is 1.67. The Morgan fingerprint density at radius 1 is 1.05 bits per heavy atom. The Bertz CT molecular complexity index is 554. The van der Waals surface area contributed by atoms with E-state index in [0.29, 0.717) is 11.4 Å². The van der Waals surface area contributed by atoms with Gasteiger partial charge in [0.25, 0.3) is 0 Å². The highest BCUT2D eigenvalue weighted by Gasteiger charge is 2.15. The highest BCUT2D eigenvalue weighted by atomic mass is 16.5. The third kappa shape index (κ3) is 3.41. The number of pyridine rings is 1. The number of aromatic nitrogens is 1. The van der Waals surface area contributed by atoms with Gasteiger partial charge < -0.3 is 4.74 Å². The Kier molecular flexibility index (Phi) is 3.65. The molecule has 0 aliphatic heterocycles. The number of ether oxygens (including phenoxy) is 1. The summed E-state index contributed by atoms with van der Waals surface area (Å²) in [4.78, 5) is 15.9. The quantitative estimate of drug-likeness (QED) is 0.770. The molecule has 1 heterocycles. The van der Waals surface area contributed by atoms with Crippen molar-refractivity contribution in [2.75, 3.05) is 0 Å². The van der Waals surface area contributed by atoms with Gasteiger partial charge in [0.05, 0.1) is 5.56 Å². The van der Waals surface area contributed by atoms with E-state index in [-0.39, 0.29) is 11.4 Å². The van der Waals surface area contributed by atoms with E-state index >= 15 is 0 Å². The number of hydrogen-bond donors (Lipinski definition) is 0. The van der Waals surface area contributed by atoms with Crippen molar-refractivity contribution < 1.29 is 9.53 Å². The number of rotatable bonds is 2. The third-order valence-electron chi connectivity index (χ3n) is 2.82. The van der Waals surface area contributed by atoms with Gasteiger partial charge in [-0.3, -0.25) is 0 Å². The van der Waals surface area contributed by atoms with Gasteiger partial charge in [0, 0.05) is 12.3 Å². The van der Waals surface area contributed by atoms with Crippen LogP contribution in [0.1, 0.15) is 36.7 Å². The zero-order chi connectivity index (χ0) is 13.9. The molecule has 0 spiro atoms. The van der Waals surface area contributed by atoms with E-state index in [2.05, 4.69) is 25.8 Å². The zero-order valence-corrected chi connectivity index (χ0v) is 11.4. The van der Waals surface area contributed by atoms with Gasteiger partial charge in [0.1, 0.15) is 0 Å². The van der Waals surface area contributed by atoms with Crippen LogP contribution >= 0.6 is 0 Å². The number of carbonyl (C=O) groups excluding carboxylic acids is 1. The number of esters is 1. The van der Waals surface area contributed by atoms with Gasteiger partial charge in [-0.25, -0.2) is 9.78 Å². The molecule has 1 aromatic carbocycles. The smallest absolute Gasteiger partial charge is 0.344 e. The summed E-state index contributed by atoms with van der Waals surface area (Å²) in [5.74, 6) is -0.0773. The molecule has 0 N–H and O–H groups in total. The van der Waals surface area contributed by atoms with E-state index in [1.165, 1.54) is 5.56 Å². The SMILES string of the molecule is CC(C)(C)c1ccc(C(=O)Oc2ccccn2)cc1. The highest BCUT2D eigenvalue weighted by molar-refractivity contribution is 5.90. The lowest BCUT2D eigenvalue weighted by Crippen LogP contribution is -2.13. The summed E-state index contributed by atoms with van der Waals surface area (Å²) in [6.07, 6.45) is 1.59. The molecule has 0 saturated heterocycles. The second-order valence-corrected chi connectivity index (χ2v) is 5.38. The van der Waals surface area contributed by atoms with Crippen LogP contribution in [0.2, 0.25) is 0 Å². The minimum atomic E-state index is -0.390. The molecule has 3 heteroatoms. The molecule has 98 valence electrons. The highest BCUT2D eigenvalue weighted by Crippen LogP contribution is 2.22. The van der Waals surface area contributed by atoms with Crippen molar-refractivity contribution in [3.63, 3.8) is 0 Å². The Hall–Kier alpha value is -2.16. The normalized spacial score (nSPS) is 11.1. The maximum Gasteiger partial charge on any atom is 0.344 e. The summed E-state index contributed by atoms with van der Waals surface area (Å²) in [6.45, 7) is 6.40. The van der Waals surface area contributed by atoms with Gasteiger partial charge in [-0.1, -0.05) is 39.0 Å². The summed E-state index contributed by atoms with van der Waals surface area (Å²) in [7, 11) is 0. The molecule has 0 amide bonds. The van der Waals surface area contributed by atoms with Crippen LogP contribution in [0.25, 0.3) is 0 Å². The molecule has 0 aliphatic rings. The molecular formula is C16H17NO2. The molecule has 19 heavy (non-hydrogen) atoms. The summed E-state index contributed by atoms with van der Waals surface area (Å²) in [5.41, 5.74) is 1.78. The van der Waals surface area contributed by atoms with E-state index in [1.54, 1.807) is 36.5 Å². The van der Waals surface area contributed by atoms with Gasteiger partial charge in [0.15, 0.2) is 0 Å². The average molecular weight is 255 g/mol. The van der Waals surface area contributed by atoms with Crippen molar-refractivity contribution in [2.24, 2.45) is 0 Å². The monoisotopic (exact) mass is 255 g/mol. The number of carbonyl (C=O) groups is 1. The van der Waals surface area contributed by atoms with Crippen LogP contribution in [0.5, 0.6) is 5.88 Å². The van der Waals surface area contributed by atoms with Gasteiger partial charge in [0.2, 0.25) is 5.88 Å².